The van der Waals surface area contributed by atoms with Gasteiger partial charge in [-0.1, -0.05) is 0 Å². The molecule has 0 aliphatic rings. The third kappa shape index (κ3) is 3.87. The van der Waals surface area contributed by atoms with Gasteiger partial charge in [-0.15, -0.1) is 0 Å². The first-order chi connectivity index (χ1) is 9.23. The molecule has 21 heavy (non-hydrogen) atoms. The fourth-order valence-corrected chi connectivity index (χ4v) is 1.19. The van der Waals surface area contributed by atoms with Crippen LogP contribution in [-0.2, 0) is 4.79 Å². The van der Waals surface area contributed by atoms with Gasteiger partial charge in [0.05, 0.1) is 0 Å². The van der Waals surface area contributed by atoms with Crippen LogP contribution in [0.1, 0.15) is 12.8 Å². The molecule has 0 saturated heterocycles. The lowest BCUT2D eigenvalue weighted by atomic mass is 10.0. The summed E-state index contributed by atoms with van der Waals surface area (Å²) in [6, 6.07) is 0. The average Bonchev–Trinajstić information content (AvgIpc) is 2.32. The van der Waals surface area contributed by atoms with Crippen molar-refractivity contribution < 1.29 is 45.0 Å². The number of rotatable bonds is 8. The quantitative estimate of drug-likeness (QED) is 0.401. The minimum atomic E-state index is -6.72. The Labute approximate surface area is 118 Å². The van der Waals surface area contributed by atoms with Gasteiger partial charge in [-0.2, -0.15) is 35.1 Å². The van der Waals surface area contributed by atoms with Crippen molar-refractivity contribution in [3.8, 4) is 0 Å². The number of aliphatic hydroxyl groups excluding tert-OH is 1. The number of carbonyl (C=O) groups is 1. The van der Waals surface area contributed by atoms with Crippen LogP contribution in [-0.4, -0.2) is 47.3 Å². The molecule has 0 radical (unpaired) electrons. The van der Waals surface area contributed by atoms with Gasteiger partial charge in [0, 0.05) is 13.2 Å². The first-order valence-electron chi connectivity index (χ1n) is 5.32. The highest BCUT2D eigenvalue weighted by atomic mass is 35.5. The Morgan fingerprint density at radius 2 is 1.43 bits per heavy atom. The Hall–Kier alpha value is -0.840. The summed E-state index contributed by atoms with van der Waals surface area (Å²) in [5.41, 5.74) is 0. The molecule has 12 heteroatoms. The van der Waals surface area contributed by atoms with Gasteiger partial charge in [0.2, 0.25) is 0 Å². The zero-order chi connectivity index (χ0) is 17.1. The van der Waals surface area contributed by atoms with E-state index in [1.807, 2.05) is 0 Å². The SMILES string of the molecule is O=C(NCCCCO)C(F)(F)C(F)(F)C(F)(F)C(F)(F)Cl. The molecule has 1 amide bonds. The molecular weight excluding hydrogens is 342 g/mol. The largest absolute Gasteiger partial charge is 0.396 e. The van der Waals surface area contributed by atoms with Crippen LogP contribution < -0.4 is 5.32 Å². The summed E-state index contributed by atoms with van der Waals surface area (Å²) in [6.07, 6.45) is -0.107. The van der Waals surface area contributed by atoms with Gasteiger partial charge in [0.15, 0.2) is 0 Å². The van der Waals surface area contributed by atoms with E-state index in [0.29, 0.717) is 0 Å². The smallest absolute Gasteiger partial charge is 0.393 e. The Bertz CT molecular complexity index is 371. The molecule has 2 N–H and O–H groups in total. The predicted octanol–water partition coefficient (Wildman–Crippen LogP) is 2.61. The van der Waals surface area contributed by atoms with E-state index in [9.17, 15) is 39.9 Å². The summed E-state index contributed by atoms with van der Waals surface area (Å²) in [4.78, 5) is 10.8. The predicted molar refractivity (Wildman–Crippen MR) is 55.0 cm³/mol. The second-order valence-corrected chi connectivity index (χ2v) is 4.38. The van der Waals surface area contributed by atoms with E-state index in [0.717, 1.165) is 0 Å². The molecule has 126 valence electrons. The van der Waals surface area contributed by atoms with Gasteiger partial charge in [0.25, 0.3) is 5.91 Å². The van der Waals surface area contributed by atoms with Crippen LogP contribution in [0.2, 0.25) is 0 Å². The van der Waals surface area contributed by atoms with E-state index in [2.05, 4.69) is 11.6 Å². The number of carbonyl (C=O) groups excluding carboxylic acids is 1. The molecule has 0 heterocycles. The van der Waals surface area contributed by atoms with Crippen LogP contribution in [0.3, 0.4) is 0 Å². The molecule has 0 saturated carbocycles. The third-order valence-corrected chi connectivity index (χ3v) is 2.54. The third-order valence-electron chi connectivity index (χ3n) is 2.30. The number of aliphatic hydroxyl groups is 1. The van der Waals surface area contributed by atoms with Gasteiger partial charge >= 0.3 is 23.1 Å². The first kappa shape index (κ1) is 20.2. The lowest BCUT2D eigenvalue weighted by molar-refractivity contribution is -0.337. The van der Waals surface area contributed by atoms with E-state index >= 15 is 0 Å². The Kier molecular flexibility index (Phi) is 6.25. The second-order valence-electron chi connectivity index (χ2n) is 3.91. The lowest BCUT2D eigenvalue weighted by Gasteiger charge is -2.33. The zero-order valence-electron chi connectivity index (χ0n) is 10.1. The Morgan fingerprint density at radius 1 is 0.952 bits per heavy atom. The van der Waals surface area contributed by atoms with Gasteiger partial charge in [-0.25, -0.2) is 0 Å². The van der Waals surface area contributed by atoms with Crippen molar-refractivity contribution in [2.45, 2.75) is 36.0 Å². The van der Waals surface area contributed by atoms with Crippen molar-refractivity contribution in [2.24, 2.45) is 0 Å². The summed E-state index contributed by atoms with van der Waals surface area (Å²) >= 11 is 3.71. The highest BCUT2D eigenvalue weighted by molar-refractivity contribution is 6.22. The minimum Gasteiger partial charge on any atom is -0.396 e. The summed E-state index contributed by atoms with van der Waals surface area (Å²) in [7, 11) is 0. The maximum Gasteiger partial charge on any atom is 0.393 e. The topological polar surface area (TPSA) is 49.3 Å². The van der Waals surface area contributed by atoms with E-state index in [1.54, 1.807) is 0 Å². The zero-order valence-corrected chi connectivity index (χ0v) is 10.8. The molecule has 0 fully saturated rings. The highest BCUT2D eigenvalue weighted by Gasteiger charge is 2.82. The number of hydrogen-bond donors (Lipinski definition) is 2. The normalized spacial score (nSPS) is 14.2. The highest BCUT2D eigenvalue weighted by Crippen LogP contribution is 2.53. The molecule has 0 aromatic heterocycles. The maximum atomic E-state index is 13.0. The molecule has 0 aromatic carbocycles. The van der Waals surface area contributed by atoms with Crippen molar-refractivity contribution in [1.29, 1.82) is 0 Å². The van der Waals surface area contributed by atoms with Gasteiger partial charge in [-0.05, 0) is 24.4 Å². The Morgan fingerprint density at radius 3 is 1.81 bits per heavy atom. The van der Waals surface area contributed by atoms with E-state index in [1.165, 1.54) is 5.32 Å². The summed E-state index contributed by atoms with van der Waals surface area (Å²) in [5, 5.41) is 3.54. The number of unbranched alkanes of at least 4 members (excludes halogenated alkanes) is 1. The fraction of sp³-hybridized carbons (Fsp3) is 0.889. The molecule has 0 aromatic rings. The van der Waals surface area contributed by atoms with Gasteiger partial charge < -0.3 is 10.4 Å². The van der Waals surface area contributed by atoms with Crippen LogP contribution in [0.4, 0.5) is 35.1 Å². The lowest BCUT2D eigenvalue weighted by Crippen LogP contribution is -2.65. The fourth-order valence-electron chi connectivity index (χ4n) is 1.07. The number of alkyl halides is 9. The van der Waals surface area contributed by atoms with Crippen molar-refractivity contribution in [1.82, 2.24) is 5.32 Å². The van der Waals surface area contributed by atoms with Crippen molar-refractivity contribution in [3.05, 3.63) is 0 Å². The van der Waals surface area contributed by atoms with Crippen LogP contribution in [0.25, 0.3) is 0 Å². The molecule has 0 aliphatic carbocycles. The molecule has 0 spiro atoms. The monoisotopic (exact) mass is 351 g/mol. The van der Waals surface area contributed by atoms with Gasteiger partial charge in [0.1, 0.15) is 0 Å². The molecular formula is C9H10ClF8NO2. The number of amides is 1. The molecule has 0 aliphatic heterocycles. The van der Waals surface area contributed by atoms with E-state index in [-0.39, 0.29) is 19.4 Å². The van der Waals surface area contributed by atoms with E-state index in [4.69, 9.17) is 5.11 Å². The number of nitrogens with one attached hydrogen (secondary N) is 1. The Balaban J connectivity index is 5.15. The average molecular weight is 352 g/mol. The van der Waals surface area contributed by atoms with Crippen LogP contribution >= 0.6 is 11.6 Å². The molecule has 0 unspecified atom stereocenters. The van der Waals surface area contributed by atoms with Gasteiger partial charge in [-0.3, -0.25) is 4.79 Å². The summed E-state index contributed by atoms with van der Waals surface area (Å²) in [6.45, 7) is -1.03. The molecule has 0 bridgehead atoms. The van der Waals surface area contributed by atoms with Crippen molar-refractivity contribution in [3.63, 3.8) is 0 Å². The first-order valence-corrected chi connectivity index (χ1v) is 5.70. The summed E-state index contributed by atoms with van der Waals surface area (Å²) < 4.78 is 102. The molecule has 3 nitrogen and oxygen atoms in total. The molecule has 0 rings (SSSR count). The maximum absolute atomic E-state index is 13.0. The van der Waals surface area contributed by atoms with E-state index < -0.39 is 35.6 Å². The van der Waals surface area contributed by atoms with Crippen LogP contribution in [0.5, 0.6) is 0 Å². The minimum absolute atomic E-state index is 0.0121. The number of hydrogen-bond acceptors (Lipinski definition) is 2. The van der Waals surface area contributed by atoms with Crippen LogP contribution in [0.15, 0.2) is 0 Å². The van der Waals surface area contributed by atoms with Crippen LogP contribution in [0, 0.1) is 0 Å². The summed E-state index contributed by atoms with van der Waals surface area (Å²) in [5.74, 6) is -22.3. The standard InChI is InChI=1S/C9H10ClF8NO2/c10-9(17,18)8(15,16)7(13,14)6(11,12)5(21)19-3-1-2-4-20/h20H,1-4H2,(H,19,21). The van der Waals surface area contributed by atoms with Crippen molar-refractivity contribution >= 4 is 17.5 Å². The molecule has 0 atom stereocenters. The van der Waals surface area contributed by atoms with Crippen molar-refractivity contribution in [2.75, 3.05) is 13.2 Å². The number of halogens is 9. The second kappa shape index (κ2) is 6.51.